The van der Waals surface area contributed by atoms with Crippen molar-refractivity contribution < 1.29 is 5.11 Å². The standard InChI is InChI=1S/C14H14N2O/c1-3-10-16(4-2)13-9-8-11-6-5-7-12(17)14(11)15-13/h3-10,17H,2H2,1H3/b10-3-. The van der Waals surface area contributed by atoms with Crippen LogP contribution in [0.1, 0.15) is 6.92 Å². The van der Waals surface area contributed by atoms with Crippen molar-refractivity contribution in [3.8, 4) is 5.75 Å². The van der Waals surface area contributed by atoms with Crippen LogP contribution in [0.15, 0.2) is 55.4 Å². The number of phenols is 1. The maximum atomic E-state index is 9.76. The molecule has 0 fully saturated rings. The lowest BCUT2D eigenvalue weighted by Crippen LogP contribution is -2.07. The second kappa shape index (κ2) is 4.70. The van der Waals surface area contributed by atoms with E-state index in [1.54, 1.807) is 23.2 Å². The van der Waals surface area contributed by atoms with E-state index in [2.05, 4.69) is 11.6 Å². The molecule has 2 aromatic rings. The van der Waals surface area contributed by atoms with Crippen LogP contribution in [0.4, 0.5) is 5.82 Å². The van der Waals surface area contributed by atoms with Crippen molar-refractivity contribution in [3.63, 3.8) is 0 Å². The number of aromatic nitrogens is 1. The zero-order chi connectivity index (χ0) is 12.3. The topological polar surface area (TPSA) is 36.4 Å². The molecular formula is C14H14N2O. The highest BCUT2D eigenvalue weighted by Crippen LogP contribution is 2.25. The van der Waals surface area contributed by atoms with Gasteiger partial charge in [0.2, 0.25) is 0 Å². The summed E-state index contributed by atoms with van der Waals surface area (Å²) in [5.74, 6) is 0.918. The molecule has 1 N–H and O–H groups in total. The third-order valence-electron chi connectivity index (χ3n) is 2.46. The van der Waals surface area contributed by atoms with Gasteiger partial charge >= 0.3 is 0 Å². The lowest BCUT2D eigenvalue weighted by atomic mass is 10.2. The third kappa shape index (κ3) is 2.13. The minimum atomic E-state index is 0.189. The predicted molar refractivity (Wildman–Crippen MR) is 70.9 cm³/mol. The number of hydrogen-bond donors (Lipinski definition) is 1. The van der Waals surface area contributed by atoms with Gasteiger partial charge in [0.1, 0.15) is 17.1 Å². The Labute approximate surface area is 100 Å². The molecule has 0 spiro atoms. The number of fused-ring (bicyclic) bond motifs is 1. The quantitative estimate of drug-likeness (QED) is 0.871. The molecular weight excluding hydrogens is 212 g/mol. The lowest BCUT2D eigenvalue weighted by molar-refractivity contribution is 0.480. The fourth-order valence-electron chi connectivity index (χ4n) is 1.66. The summed E-state index contributed by atoms with van der Waals surface area (Å²) < 4.78 is 0. The summed E-state index contributed by atoms with van der Waals surface area (Å²) in [4.78, 5) is 6.22. The first-order chi connectivity index (χ1) is 8.26. The van der Waals surface area contributed by atoms with Gasteiger partial charge in [-0.1, -0.05) is 24.8 Å². The van der Waals surface area contributed by atoms with E-state index in [0.717, 1.165) is 11.2 Å². The second-order valence-electron chi connectivity index (χ2n) is 3.59. The normalized spacial score (nSPS) is 10.9. The van der Waals surface area contributed by atoms with E-state index in [0.29, 0.717) is 5.52 Å². The van der Waals surface area contributed by atoms with Crippen molar-refractivity contribution >= 4 is 16.7 Å². The van der Waals surface area contributed by atoms with Crippen LogP contribution in [-0.4, -0.2) is 10.1 Å². The molecule has 17 heavy (non-hydrogen) atoms. The largest absolute Gasteiger partial charge is 0.506 e. The Morgan fingerprint density at radius 1 is 1.29 bits per heavy atom. The molecule has 0 radical (unpaired) electrons. The van der Waals surface area contributed by atoms with Crippen LogP contribution in [0.2, 0.25) is 0 Å². The summed E-state index contributed by atoms with van der Waals surface area (Å²) >= 11 is 0. The molecule has 0 aliphatic rings. The van der Waals surface area contributed by atoms with Crippen molar-refractivity contribution in [2.24, 2.45) is 0 Å². The zero-order valence-corrected chi connectivity index (χ0v) is 9.67. The predicted octanol–water partition coefficient (Wildman–Crippen LogP) is 3.42. The van der Waals surface area contributed by atoms with Gasteiger partial charge in [-0.3, -0.25) is 0 Å². The van der Waals surface area contributed by atoms with Crippen LogP contribution in [0.3, 0.4) is 0 Å². The number of hydrogen-bond acceptors (Lipinski definition) is 3. The van der Waals surface area contributed by atoms with Crippen LogP contribution < -0.4 is 4.90 Å². The minimum absolute atomic E-state index is 0.189. The van der Waals surface area contributed by atoms with E-state index in [1.807, 2.05) is 37.4 Å². The molecule has 3 heteroatoms. The second-order valence-corrected chi connectivity index (χ2v) is 3.59. The summed E-state index contributed by atoms with van der Waals surface area (Å²) in [5, 5.41) is 10.7. The Morgan fingerprint density at radius 3 is 2.82 bits per heavy atom. The highest BCUT2D eigenvalue weighted by atomic mass is 16.3. The lowest BCUT2D eigenvalue weighted by Gasteiger charge is -2.14. The fourth-order valence-corrected chi connectivity index (χ4v) is 1.66. The monoisotopic (exact) mass is 226 g/mol. The van der Waals surface area contributed by atoms with E-state index in [-0.39, 0.29) is 5.75 Å². The molecule has 0 saturated heterocycles. The van der Waals surface area contributed by atoms with E-state index in [1.165, 1.54) is 0 Å². The first-order valence-electron chi connectivity index (χ1n) is 5.38. The van der Waals surface area contributed by atoms with E-state index in [4.69, 9.17) is 0 Å². The molecule has 0 unspecified atom stereocenters. The molecule has 1 heterocycles. The molecule has 0 bridgehead atoms. The van der Waals surface area contributed by atoms with Gasteiger partial charge in [-0.25, -0.2) is 4.98 Å². The Kier molecular flexibility index (Phi) is 3.10. The first kappa shape index (κ1) is 11.2. The van der Waals surface area contributed by atoms with Gasteiger partial charge in [0.15, 0.2) is 0 Å². The van der Waals surface area contributed by atoms with Crippen molar-refractivity contribution in [2.45, 2.75) is 6.92 Å². The first-order valence-corrected chi connectivity index (χ1v) is 5.38. The minimum Gasteiger partial charge on any atom is -0.506 e. The third-order valence-corrected chi connectivity index (χ3v) is 2.46. The summed E-state index contributed by atoms with van der Waals surface area (Å²) in [7, 11) is 0. The Bertz CT molecular complexity index is 575. The number of allylic oxidation sites excluding steroid dienone is 1. The number of aromatic hydroxyl groups is 1. The van der Waals surface area contributed by atoms with Crippen molar-refractivity contribution in [1.82, 2.24) is 4.98 Å². The molecule has 3 nitrogen and oxygen atoms in total. The summed E-state index contributed by atoms with van der Waals surface area (Å²) in [6, 6.07) is 9.17. The van der Waals surface area contributed by atoms with E-state index >= 15 is 0 Å². The van der Waals surface area contributed by atoms with Crippen LogP contribution >= 0.6 is 0 Å². The average molecular weight is 226 g/mol. The molecule has 0 aliphatic carbocycles. The smallest absolute Gasteiger partial charge is 0.141 e. The number of anilines is 1. The van der Waals surface area contributed by atoms with Gasteiger partial charge in [-0.2, -0.15) is 0 Å². The zero-order valence-electron chi connectivity index (χ0n) is 9.67. The summed E-state index contributed by atoms with van der Waals surface area (Å²) in [6.45, 7) is 5.66. The van der Waals surface area contributed by atoms with Gasteiger partial charge in [-0.15, -0.1) is 0 Å². The maximum Gasteiger partial charge on any atom is 0.141 e. The van der Waals surface area contributed by atoms with Crippen molar-refractivity contribution in [3.05, 3.63) is 55.4 Å². The average Bonchev–Trinajstić information content (AvgIpc) is 2.36. The number of nitrogens with zero attached hydrogens (tertiary/aromatic N) is 2. The number of pyridine rings is 1. The molecule has 0 amide bonds. The van der Waals surface area contributed by atoms with Gasteiger partial charge < -0.3 is 10.0 Å². The van der Waals surface area contributed by atoms with Crippen molar-refractivity contribution in [2.75, 3.05) is 4.90 Å². The SMILES string of the molecule is C=CN(/C=C\C)c1ccc2cccc(O)c2n1. The number of phenolic OH excluding ortho intramolecular Hbond substituents is 1. The summed E-state index contributed by atoms with van der Waals surface area (Å²) in [6.07, 6.45) is 5.44. The van der Waals surface area contributed by atoms with Crippen LogP contribution in [0.25, 0.3) is 10.9 Å². The molecule has 0 saturated carbocycles. The van der Waals surface area contributed by atoms with Gasteiger partial charge in [0, 0.05) is 17.8 Å². The van der Waals surface area contributed by atoms with E-state index in [9.17, 15) is 5.11 Å². The van der Waals surface area contributed by atoms with Crippen LogP contribution in [0, 0.1) is 0 Å². The number of rotatable bonds is 3. The molecule has 1 aromatic carbocycles. The summed E-state index contributed by atoms with van der Waals surface area (Å²) in [5.41, 5.74) is 0.598. The van der Waals surface area contributed by atoms with Crippen molar-refractivity contribution in [1.29, 1.82) is 0 Å². The van der Waals surface area contributed by atoms with Gasteiger partial charge in [0.05, 0.1) is 0 Å². The van der Waals surface area contributed by atoms with E-state index < -0.39 is 0 Å². The molecule has 0 atom stereocenters. The highest BCUT2D eigenvalue weighted by Gasteiger charge is 2.05. The Hall–Kier alpha value is -2.29. The van der Waals surface area contributed by atoms with Crippen LogP contribution in [-0.2, 0) is 0 Å². The van der Waals surface area contributed by atoms with Gasteiger partial charge in [0.25, 0.3) is 0 Å². The molecule has 0 aliphatic heterocycles. The number of benzene rings is 1. The number of para-hydroxylation sites is 1. The maximum absolute atomic E-state index is 9.76. The molecule has 1 aromatic heterocycles. The highest BCUT2D eigenvalue weighted by molar-refractivity contribution is 5.85. The molecule has 2 rings (SSSR count). The fraction of sp³-hybridized carbons (Fsp3) is 0.0714. The Morgan fingerprint density at radius 2 is 2.12 bits per heavy atom. The van der Waals surface area contributed by atoms with Gasteiger partial charge in [-0.05, 0) is 25.1 Å². The van der Waals surface area contributed by atoms with Crippen LogP contribution in [0.5, 0.6) is 5.75 Å². The molecule has 86 valence electrons. The Balaban J connectivity index is 2.57.